The van der Waals surface area contributed by atoms with Crippen molar-refractivity contribution in [1.82, 2.24) is 15.1 Å². The minimum atomic E-state index is -0.151. The second-order valence-corrected chi connectivity index (χ2v) is 14.0. The first-order valence-electron chi connectivity index (χ1n) is 18.0. The number of aliphatic hydroxyl groups excluding tert-OH is 1. The summed E-state index contributed by atoms with van der Waals surface area (Å²) in [5.41, 5.74) is 5.13. The van der Waals surface area contributed by atoms with Crippen LogP contribution in [0.5, 0.6) is 5.75 Å². The summed E-state index contributed by atoms with van der Waals surface area (Å²) < 4.78 is 13.4. The quantitative estimate of drug-likeness (QED) is 0.190. The summed E-state index contributed by atoms with van der Waals surface area (Å²) in [5.74, 6) is 1.37. The van der Waals surface area contributed by atoms with Crippen LogP contribution in [0.3, 0.4) is 0 Å². The molecule has 2 N–H and O–H groups in total. The van der Waals surface area contributed by atoms with Crippen LogP contribution in [0.1, 0.15) is 93.7 Å². The normalized spacial score (nSPS) is 21.5. The lowest BCUT2D eigenvalue weighted by molar-refractivity contribution is -0.126. The summed E-state index contributed by atoms with van der Waals surface area (Å²) in [4.78, 5) is 29.4. The van der Waals surface area contributed by atoms with Crippen molar-refractivity contribution in [1.29, 1.82) is 0 Å². The molecule has 3 unspecified atom stereocenters. The SMILES string of the molecule is COc1ccc(C2CCC(CNC(=O)C3CCCCC3)CC2N(C(=O)COCCCO)c2cccc(-c3cnn(C4CC4)c3)c2)cc1C. The van der Waals surface area contributed by atoms with Crippen LogP contribution in [0.25, 0.3) is 11.1 Å². The van der Waals surface area contributed by atoms with E-state index in [0.717, 1.165) is 85.9 Å². The highest BCUT2D eigenvalue weighted by molar-refractivity contribution is 5.96. The Hall–Kier alpha value is -3.69. The first kappa shape index (κ1) is 34.2. The van der Waals surface area contributed by atoms with Crippen LogP contribution in [0.2, 0.25) is 0 Å². The predicted octanol–water partition coefficient (Wildman–Crippen LogP) is 6.58. The van der Waals surface area contributed by atoms with Gasteiger partial charge in [-0.25, -0.2) is 0 Å². The Morgan fingerprint density at radius 3 is 2.60 bits per heavy atom. The van der Waals surface area contributed by atoms with Crippen LogP contribution >= 0.6 is 0 Å². The van der Waals surface area contributed by atoms with Crippen molar-refractivity contribution >= 4 is 17.5 Å². The highest BCUT2D eigenvalue weighted by atomic mass is 16.5. The molecule has 3 aromatic rings. The molecule has 9 nitrogen and oxygen atoms in total. The molecule has 1 aromatic heterocycles. The molecule has 0 spiro atoms. The van der Waals surface area contributed by atoms with E-state index in [1.54, 1.807) is 7.11 Å². The van der Waals surface area contributed by atoms with Gasteiger partial charge in [-0.05, 0) is 99.1 Å². The van der Waals surface area contributed by atoms with Crippen molar-refractivity contribution in [2.45, 2.75) is 95.6 Å². The molecule has 3 fully saturated rings. The first-order chi connectivity index (χ1) is 23.4. The van der Waals surface area contributed by atoms with E-state index in [-0.39, 0.29) is 48.8 Å². The van der Waals surface area contributed by atoms with Gasteiger partial charge in [0.05, 0.1) is 19.3 Å². The predicted molar refractivity (Wildman–Crippen MR) is 187 cm³/mol. The Balaban J connectivity index is 1.31. The van der Waals surface area contributed by atoms with Crippen LogP contribution in [-0.2, 0) is 14.3 Å². The Labute approximate surface area is 285 Å². The Kier molecular flexibility index (Phi) is 11.5. The minimum absolute atomic E-state index is 0.0181. The summed E-state index contributed by atoms with van der Waals surface area (Å²) in [5, 5.41) is 17.2. The molecular formula is C39H52N4O5. The van der Waals surface area contributed by atoms with Gasteiger partial charge in [0.25, 0.3) is 5.91 Å². The molecule has 0 saturated heterocycles. The Bertz CT molecular complexity index is 1530. The summed E-state index contributed by atoms with van der Waals surface area (Å²) in [6.45, 7) is 2.95. The highest BCUT2D eigenvalue weighted by Gasteiger charge is 2.39. The van der Waals surface area contributed by atoms with Crippen molar-refractivity contribution < 1.29 is 24.2 Å². The van der Waals surface area contributed by atoms with E-state index in [0.29, 0.717) is 25.6 Å². The maximum atomic E-state index is 14.3. The lowest BCUT2D eigenvalue weighted by Crippen LogP contribution is -2.50. The van der Waals surface area contributed by atoms with Gasteiger partial charge < -0.3 is 24.8 Å². The number of carbonyl (C=O) groups is 2. The smallest absolute Gasteiger partial charge is 0.253 e. The number of hydrogen-bond acceptors (Lipinski definition) is 6. The third-order valence-corrected chi connectivity index (χ3v) is 10.6. The molecule has 3 aliphatic rings. The molecule has 48 heavy (non-hydrogen) atoms. The van der Waals surface area contributed by atoms with Crippen LogP contribution in [0, 0.1) is 18.8 Å². The van der Waals surface area contributed by atoms with Crippen LogP contribution in [-0.4, -0.2) is 66.2 Å². The molecule has 3 aliphatic carbocycles. The maximum Gasteiger partial charge on any atom is 0.253 e. The molecule has 258 valence electrons. The van der Waals surface area contributed by atoms with E-state index < -0.39 is 0 Å². The van der Waals surface area contributed by atoms with E-state index in [4.69, 9.17) is 9.47 Å². The van der Waals surface area contributed by atoms with E-state index in [1.807, 2.05) is 29.3 Å². The summed E-state index contributed by atoms with van der Waals surface area (Å²) >= 11 is 0. The number of aliphatic hydroxyl groups is 1. The van der Waals surface area contributed by atoms with Crippen LogP contribution in [0.4, 0.5) is 5.69 Å². The molecule has 0 aliphatic heterocycles. The number of hydrogen-bond donors (Lipinski definition) is 2. The first-order valence-corrected chi connectivity index (χ1v) is 18.0. The zero-order valence-corrected chi connectivity index (χ0v) is 28.6. The van der Waals surface area contributed by atoms with Crippen molar-refractivity contribution in [3.05, 3.63) is 66.0 Å². The molecular weight excluding hydrogens is 604 g/mol. The fourth-order valence-electron chi connectivity index (χ4n) is 7.75. The van der Waals surface area contributed by atoms with Gasteiger partial charge >= 0.3 is 0 Å². The van der Waals surface area contributed by atoms with Gasteiger partial charge in [-0.1, -0.05) is 43.5 Å². The van der Waals surface area contributed by atoms with Crippen molar-refractivity contribution in [3.8, 4) is 16.9 Å². The molecule has 2 aromatic carbocycles. The monoisotopic (exact) mass is 656 g/mol. The average Bonchev–Trinajstić information content (AvgIpc) is 3.85. The number of amides is 2. The Morgan fingerprint density at radius 2 is 1.85 bits per heavy atom. The number of rotatable bonds is 14. The summed E-state index contributed by atoms with van der Waals surface area (Å²) in [6, 6.07) is 14.9. The minimum Gasteiger partial charge on any atom is -0.496 e. The Morgan fingerprint density at radius 1 is 1.02 bits per heavy atom. The van der Waals surface area contributed by atoms with Gasteiger partial charge in [0.2, 0.25) is 5.91 Å². The molecule has 0 bridgehead atoms. The van der Waals surface area contributed by atoms with Gasteiger partial charge in [-0.2, -0.15) is 5.10 Å². The number of ether oxygens (including phenoxy) is 2. The largest absolute Gasteiger partial charge is 0.496 e. The van der Waals surface area contributed by atoms with Crippen molar-refractivity contribution in [2.24, 2.45) is 11.8 Å². The molecule has 3 atom stereocenters. The average molecular weight is 657 g/mol. The topological polar surface area (TPSA) is 106 Å². The molecule has 2 amide bonds. The van der Waals surface area contributed by atoms with Gasteiger partial charge in [0.1, 0.15) is 12.4 Å². The summed E-state index contributed by atoms with van der Waals surface area (Å²) in [7, 11) is 1.69. The lowest BCUT2D eigenvalue weighted by Gasteiger charge is -2.43. The number of carbonyl (C=O) groups excluding carboxylic acids is 2. The highest BCUT2D eigenvalue weighted by Crippen LogP contribution is 2.42. The number of aromatic nitrogens is 2. The van der Waals surface area contributed by atoms with Crippen molar-refractivity contribution in [2.75, 3.05) is 38.4 Å². The standard InChI is InChI=1S/C39H52N4O5/c1-27-20-31(13-17-37(27)47-2)35-16-12-28(23-40-39(46)29-8-4-3-5-9-29)21-36(35)43(38(45)26-48-19-7-18-44)34-11-6-10-30(22-34)32-24-41-42(25-32)33-14-15-33/h6,10-11,13,17,20,22,24-25,28-29,33,35-36,44H,3-5,7-9,12,14-16,18-19,21,23,26H2,1-2H3,(H,40,46). The van der Waals surface area contributed by atoms with Gasteiger partial charge in [0, 0.05) is 55.1 Å². The zero-order chi connectivity index (χ0) is 33.5. The molecule has 0 radical (unpaired) electrons. The number of nitrogens with zero attached hydrogens (tertiary/aromatic N) is 3. The number of nitrogens with one attached hydrogen (secondary N) is 1. The maximum absolute atomic E-state index is 14.3. The second-order valence-electron chi connectivity index (χ2n) is 14.0. The zero-order valence-electron chi connectivity index (χ0n) is 28.6. The fraction of sp³-hybridized carbons (Fsp3) is 0.564. The fourth-order valence-corrected chi connectivity index (χ4v) is 7.75. The van der Waals surface area contributed by atoms with Crippen LogP contribution < -0.4 is 15.0 Å². The number of benzene rings is 2. The van der Waals surface area contributed by atoms with Gasteiger partial charge in [-0.3, -0.25) is 14.3 Å². The lowest BCUT2D eigenvalue weighted by atomic mass is 9.73. The number of anilines is 1. The third-order valence-electron chi connectivity index (χ3n) is 10.6. The van der Waals surface area contributed by atoms with Crippen LogP contribution in [0.15, 0.2) is 54.9 Å². The number of methoxy groups -OCH3 is 1. The summed E-state index contributed by atoms with van der Waals surface area (Å²) in [6.07, 6.45) is 14.9. The third kappa shape index (κ3) is 8.29. The van der Waals surface area contributed by atoms with Gasteiger partial charge in [0.15, 0.2) is 0 Å². The van der Waals surface area contributed by atoms with E-state index in [1.165, 1.54) is 12.0 Å². The van der Waals surface area contributed by atoms with Crippen molar-refractivity contribution in [3.63, 3.8) is 0 Å². The van der Waals surface area contributed by atoms with Gasteiger partial charge in [-0.15, -0.1) is 0 Å². The second kappa shape index (κ2) is 16.1. The molecule has 1 heterocycles. The van der Waals surface area contributed by atoms with E-state index in [9.17, 15) is 14.7 Å². The number of aryl methyl sites for hydroxylation is 1. The van der Waals surface area contributed by atoms with E-state index >= 15 is 0 Å². The molecule has 9 heteroatoms. The molecule has 6 rings (SSSR count). The van der Waals surface area contributed by atoms with E-state index in [2.05, 4.69) is 52.5 Å². The molecule has 3 saturated carbocycles.